The van der Waals surface area contributed by atoms with E-state index in [1.165, 1.54) is 55.7 Å². The molecule has 32 fully saturated rings. The second-order valence-electron chi connectivity index (χ2n) is 46.7. The molecule has 8 nitrogen and oxygen atoms in total. The van der Waals surface area contributed by atoms with Crippen LogP contribution in [-0.2, 0) is 10.0 Å². The molecule has 1 aromatic carbocycles. The van der Waals surface area contributed by atoms with Gasteiger partial charge in [-0.05, 0) is 522 Å². The molecule has 0 spiro atoms. The van der Waals surface area contributed by atoms with Crippen molar-refractivity contribution in [3.05, 3.63) is 40.3 Å². The summed E-state index contributed by atoms with van der Waals surface area (Å²) < 4.78 is 27.5. The fourth-order valence-corrected chi connectivity index (χ4v) is 44.8. The normalized spacial score (nSPS) is 51.3. The molecular formula is C94H145BrN3NaO5S4. The van der Waals surface area contributed by atoms with Crippen LogP contribution in [0.3, 0.4) is 0 Å². The molecule has 598 valence electrons. The fraction of sp³-hybridized carbons (Fsp3) is 0.936. The fourth-order valence-electron chi connectivity index (χ4n) is 37.6. The number of rotatable bonds is 14. The second-order valence-corrected chi connectivity index (χ2v) is 54.1. The van der Waals surface area contributed by atoms with Gasteiger partial charge in [-0.3, -0.25) is 10.5 Å². The Morgan fingerprint density at radius 1 is 0.380 bits per heavy atom. The van der Waals surface area contributed by atoms with E-state index < -0.39 is 10.0 Å². The van der Waals surface area contributed by atoms with Crippen molar-refractivity contribution >= 4 is 62.1 Å². The summed E-state index contributed by atoms with van der Waals surface area (Å²) in [5.41, 5.74) is 12.3. The predicted octanol–water partition coefficient (Wildman–Crippen LogP) is 24.6. The van der Waals surface area contributed by atoms with Crippen molar-refractivity contribution in [1.29, 1.82) is 0 Å². The number of hydrogen-bond donors (Lipinski definition) is 3. The third-order valence-corrected chi connectivity index (χ3v) is 43.5. The van der Waals surface area contributed by atoms with E-state index in [0.717, 1.165) is 179 Å². The molecule has 0 aliphatic heterocycles. The van der Waals surface area contributed by atoms with E-state index >= 15 is 0 Å². The molecule has 0 heterocycles. The van der Waals surface area contributed by atoms with Gasteiger partial charge >= 0.3 is 29.6 Å². The van der Waals surface area contributed by atoms with Gasteiger partial charge in [0.2, 0.25) is 0 Å². The molecule has 32 saturated carbocycles. The largest absolute Gasteiger partial charge is 1.00 e. The van der Waals surface area contributed by atoms with E-state index in [1.54, 1.807) is 320 Å². The maximum atomic E-state index is 11.1. The number of aryl methyl sites for hydroxylation is 1. The molecular weight excluding hydrogens is 1480 g/mol. The predicted molar refractivity (Wildman–Crippen MR) is 446 cm³/mol. The molecule has 0 amide bonds. The molecule has 32 bridgehead atoms. The Morgan fingerprint density at radius 3 is 0.769 bits per heavy atom. The Bertz CT molecular complexity index is 2770. The monoisotopic (exact) mass is 1630 g/mol. The van der Waals surface area contributed by atoms with Crippen molar-refractivity contribution in [2.45, 2.75) is 377 Å². The van der Waals surface area contributed by atoms with E-state index in [1.807, 2.05) is 6.92 Å². The summed E-state index contributed by atoms with van der Waals surface area (Å²) in [6.45, 7) is 1.84. The van der Waals surface area contributed by atoms with Gasteiger partial charge in [-0.2, -0.15) is 12.6 Å². The van der Waals surface area contributed by atoms with Crippen molar-refractivity contribution in [3.63, 3.8) is 0 Å². The van der Waals surface area contributed by atoms with Crippen molar-refractivity contribution in [2.75, 3.05) is 5.08 Å². The quantitative estimate of drug-likeness (QED) is 0.0193. The van der Waals surface area contributed by atoms with E-state index in [4.69, 9.17) is 28.7 Å². The maximum Gasteiger partial charge on any atom is 1.00 e. The molecule has 108 heavy (non-hydrogen) atoms. The van der Waals surface area contributed by atoms with Gasteiger partial charge in [0.25, 0.3) is 10.0 Å². The van der Waals surface area contributed by atoms with Gasteiger partial charge in [0.1, 0.15) is 0 Å². The molecule has 0 unspecified atom stereocenters. The summed E-state index contributed by atoms with van der Waals surface area (Å²) in [5, 5.41) is 13.4. The van der Waals surface area contributed by atoms with Gasteiger partial charge in [-0.25, -0.2) is 8.42 Å². The molecule has 3 N–H and O–H groups in total. The second kappa shape index (κ2) is 32.1. The summed E-state index contributed by atoms with van der Waals surface area (Å²) in [5.74, 6) is 27.1. The Morgan fingerprint density at radius 2 is 0.574 bits per heavy atom. The number of benzene rings is 1. The molecule has 0 radical (unpaired) electrons. The Labute approximate surface area is 700 Å². The van der Waals surface area contributed by atoms with E-state index in [-0.39, 0.29) is 39.9 Å². The summed E-state index contributed by atoms with van der Waals surface area (Å²) >= 11 is 13.7. The standard InChI is InChI=1S/2C23H36.C21H32S2.C10H15Br.C10H16S.C7H7N3O2S.Na.H2O2.H2O/c2*1(2-22-10-16-4-17(11-22)6-18(5-16)12-22)3-23-13-19-7-20(14-23)9-21(8-19)15-23;1-14-2-16-3-15(1)8-20(7-14,9-16)22-13-23-21-10-17-4-18(11-21)6-19(5-17)12-21;2*11-10-4-7-1-8(5-10)3-9(2-7)6-10;1-6-2-4-7(5-3-6)13(11,12)10-9-8;;1-2;/h2*16-21H,1-15H2;14-19H,1-13H2;7-9H,1-6H2;7-9,11H,1-6H2;2-5H,1H3;;1-2H;1H2/q;;;;;;+1;;/p-1. The van der Waals surface area contributed by atoms with Gasteiger partial charge in [0.15, 0.2) is 0 Å². The SMILES string of the molecule is BrC12CC3CC(CC(C3)C1)C2.C(CC12CC3CC(CC(C3)C1)C2)CC12CC3CC(CC(C3)C1)C2.C(CC12CC3CC(CC(C3)C1)C2)CC12CC3CC(CC(C3)C1)C2.C(SC12CC3CC(CC(C3)C1)C2)SC12CC3CC(CC(C3)C1)C2.Cc1ccc(S(=O)(=O)N=[N+]=[N-])cc1.OO.SC12CC3CC(CC(C3)C1)C2.[Na+].[OH-]. The average molecular weight is 1630 g/mol. The van der Waals surface area contributed by atoms with Crippen LogP contribution in [0.2, 0.25) is 0 Å². The molecule has 14 heteroatoms. The summed E-state index contributed by atoms with van der Waals surface area (Å²) in [7, 11) is -3.82. The molecule has 33 rings (SSSR count). The Balaban J connectivity index is 0.0000000966. The van der Waals surface area contributed by atoms with Crippen LogP contribution in [0.15, 0.2) is 33.7 Å². The first kappa shape index (κ1) is 81.3. The van der Waals surface area contributed by atoms with Crippen LogP contribution in [0.25, 0.3) is 10.4 Å². The smallest absolute Gasteiger partial charge is 0.870 e. The number of thioether (sulfide) groups is 2. The minimum Gasteiger partial charge on any atom is -0.870 e. The number of halogens is 1. The zero-order valence-corrected chi connectivity index (χ0v) is 74.5. The van der Waals surface area contributed by atoms with Crippen molar-refractivity contribution < 1.29 is 54.0 Å². The topological polar surface area (TPSA) is 153 Å². The van der Waals surface area contributed by atoms with E-state index in [0.29, 0.717) is 9.07 Å². The van der Waals surface area contributed by atoms with Crippen LogP contribution in [0.5, 0.6) is 0 Å². The zero-order chi connectivity index (χ0) is 72.1. The molecule has 0 atom stereocenters. The van der Waals surface area contributed by atoms with Gasteiger partial charge < -0.3 is 5.48 Å². The summed E-state index contributed by atoms with van der Waals surface area (Å²) in [6, 6.07) is 6.08. The maximum absolute atomic E-state index is 11.1. The van der Waals surface area contributed by atoms with Crippen LogP contribution in [0.1, 0.15) is 352 Å². The van der Waals surface area contributed by atoms with Crippen LogP contribution in [0.4, 0.5) is 0 Å². The van der Waals surface area contributed by atoms with E-state index in [2.05, 4.69) is 48.9 Å². The minimum absolute atomic E-state index is 0. The number of sulfonamides is 1. The van der Waals surface area contributed by atoms with Crippen molar-refractivity contribution in [2.24, 2.45) is 168 Å². The van der Waals surface area contributed by atoms with Gasteiger partial charge in [-0.15, -0.1) is 23.5 Å². The number of nitrogens with zero attached hydrogens (tertiary/aromatic N) is 3. The first-order valence-electron chi connectivity index (χ1n) is 46.3. The van der Waals surface area contributed by atoms with Gasteiger partial charge in [0, 0.05) is 33.1 Å². The first-order chi connectivity index (χ1) is 51.1. The number of azide groups is 1. The molecule has 32 aliphatic carbocycles. The Hall–Kier alpha value is 0.890. The summed E-state index contributed by atoms with van der Waals surface area (Å²) in [6.07, 6.45) is 86.0. The molecule has 0 aromatic heterocycles. The molecule has 32 aliphatic rings. The summed E-state index contributed by atoms with van der Waals surface area (Å²) in [4.78, 5) is 2.25. The number of thiol groups is 1. The number of alkyl halides is 1. The molecule has 1 aromatic rings. The first-order valence-corrected chi connectivity index (χ1v) is 51.0. The van der Waals surface area contributed by atoms with Crippen LogP contribution >= 0.6 is 52.1 Å². The average Bonchev–Trinajstić information content (AvgIpc) is 0.755. The molecule has 0 saturated heterocycles. The zero-order valence-electron chi connectivity index (χ0n) is 67.6. The van der Waals surface area contributed by atoms with E-state index in [9.17, 15) is 8.42 Å². The Kier molecular flexibility index (Phi) is 24.2. The third-order valence-electron chi connectivity index (χ3n) is 37.6. The van der Waals surface area contributed by atoms with Gasteiger partial charge in [-0.1, -0.05) is 46.5 Å². The van der Waals surface area contributed by atoms with Crippen LogP contribution in [-0.4, -0.2) is 48.1 Å². The minimum atomic E-state index is -3.82. The van der Waals surface area contributed by atoms with Gasteiger partial charge in [0.05, 0.1) is 4.90 Å². The van der Waals surface area contributed by atoms with Crippen LogP contribution in [0, 0.1) is 171 Å². The third kappa shape index (κ3) is 17.6. The van der Waals surface area contributed by atoms with Crippen molar-refractivity contribution in [3.8, 4) is 0 Å². The van der Waals surface area contributed by atoms with Crippen LogP contribution < -0.4 is 29.6 Å². The number of hydrogen-bond acceptors (Lipinski definition) is 8. The van der Waals surface area contributed by atoms with Crippen molar-refractivity contribution in [1.82, 2.24) is 0 Å².